The predicted molar refractivity (Wildman–Crippen MR) is 92.1 cm³/mol. The van der Waals surface area contributed by atoms with Gasteiger partial charge in [-0.15, -0.1) is 0 Å². The Morgan fingerprint density at radius 1 is 1.42 bits per heavy atom. The molecule has 0 saturated heterocycles. The Hall–Kier alpha value is -1.58. The van der Waals surface area contributed by atoms with Crippen LogP contribution in [-0.2, 0) is 30.5 Å². The monoisotopic (exact) mass is 451 g/mol. The van der Waals surface area contributed by atoms with E-state index in [2.05, 4.69) is 26.3 Å². The maximum Gasteiger partial charge on any atom is 0.435 e. The third kappa shape index (κ3) is 4.05. The molecule has 0 unspecified atom stereocenters. The Morgan fingerprint density at radius 2 is 2.19 bits per heavy atom. The van der Waals surface area contributed by atoms with E-state index in [1.54, 1.807) is 18.2 Å². The van der Waals surface area contributed by atoms with Gasteiger partial charge in [0.05, 0.1) is 30.3 Å². The lowest BCUT2D eigenvalue weighted by Gasteiger charge is -2.15. The van der Waals surface area contributed by atoms with Crippen molar-refractivity contribution in [2.75, 3.05) is 13.2 Å². The van der Waals surface area contributed by atoms with E-state index in [-0.39, 0.29) is 30.8 Å². The number of aromatic nitrogens is 2. The first-order valence-electron chi connectivity index (χ1n) is 7.74. The van der Waals surface area contributed by atoms with Gasteiger partial charge in [0.25, 0.3) is 5.91 Å². The Morgan fingerprint density at radius 3 is 2.92 bits per heavy atom. The van der Waals surface area contributed by atoms with Gasteiger partial charge in [-0.3, -0.25) is 9.48 Å². The quantitative estimate of drug-likeness (QED) is 0.767. The number of hydrogen-bond acceptors (Lipinski definition) is 3. The van der Waals surface area contributed by atoms with Crippen molar-refractivity contribution in [1.82, 2.24) is 15.1 Å². The average molecular weight is 453 g/mol. The first kappa shape index (κ1) is 19.2. The van der Waals surface area contributed by atoms with E-state index >= 15 is 0 Å². The summed E-state index contributed by atoms with van der Waals surface area (Å²) in [4.78, 5) is 12.2. The number of nitrogens with zero attached hydrogens (tertiary/aromatic N) is 2. The Kier molecular flexibility index (Phi) is 5.59. The van der Waals surface area contributed by atoms with E-state index in [1.165, 1.54) is 4.68 Å². The van der Waals surface area contributed by atoms with Crippen molar-refractivity contribution in [3.8, 4) is 0 Å². The van der Waals surface area contributed by atoms with Crippen LogP contribution >= 0.6 is 27.5 Å². The molecular formula is C16H14BrClF3N3O2. The van der Waals surface area contributed by atoms with Crippen LogP contribution in [0, 0.1) is 0 Å². The van der Waals surface area contributed by atoms with Crippen LogP contribution in [-0.4, -0.2) is 28.8 Å². The summed E-state index contributed by atoms with van der Waals surface area (Å²) in [6.07, 6.45) is -4.19. The predicted octanol–water partition coefficient (Wildman–Crippen LogP) is 3.82. The zero-order chi connectivity index (χ0) is 18.9. The summed E-state index contributed by atoms with van der Waals surface area (Å²) in [5.74, 6) is -0.406. The van der Waals surface area contributed by atoms with Crippen LogP contribution in [0.25, 0.3) is 0 Å². The molecule has 2 aromatic rings. The SMILES string of the molecule is O=C(NCCn1nc(C(F)(F)F)c2c1CCOC2)c1cc(Br)ccc1Cl. The largest absolute Gasteiger partial charge is 0.435 e. The van der Waals surface area contributed by atoms with E-state index in [1.807, 2.05) is 0 Å². The van der Waals surface area contributed by atoms with E-state index in [9.17, 15) is 18.0 Å². The van der Waals surface area contributed by atoms with Gasteiger partial charge in [0.2, 0.25) is 0 Å². The lowest BCUT2D eigenvalue weighted by molar-refractivity contribution is -0.142. The summed E-state index contributed by atoms with van der Waals surface area (Å²) >= 11 is 9.26. The smallest absolute Gasteiger partial charge is 0.376 e. The fourth-order valence-corrected chi connectivity index (χ4v) is 3.33. The van der Waals surface area contributed by atoms with Gasteiger partial charge in [0, 0.05) is 28.7 Å². The second kappa shape index (κ2) is 7.58. The van der Waals surface area contributed by atoms with Crippen molar-refractivity contribution in [2.45, 2.75) is 25.7 Å². The summed E-state index contributed by atoms with van der Waals surface area (Å²) < 4.78 is 46.5. The van der Waals surface area contributed by atoms with Gasteiger partial charge in [-0.25, -0.2) is 0 Å². The third-order valence-corrected chi connectivity index (χ3v) is 4.77. The molecule has 26 heavy (non-hydrogen) atoms. The molecule has 140 valence electrons. The standard InChI is InChI=1S/C16H14BrClF3N3O2/c17-9-1-2-12(18)10(7-9)15(25)22-4-5-24-13-3-6-26-8-11(13)14(23-24)16(19,20)21/h1-2,7H,3-6,8H2,(H,22,25). The average Bonchev–Trinajstić information content (AvgIpc) is 2.96. The zero-order valence-electron chi connectivity index (χ0n) is 13.4. The fraction of sp³-hybridized carbons (Fsp3) is 0.375. The van der Waals surface area contributed by atoms with Crippen LogP contribution in [0.2, 0.25) is 5.02 Å². The minimum atomic E-state index is -4.54. The second-order valence-electron chi connectivity index (χ2n) is 5.68. The number of halogens is 5. The number of carbonyl (C=O) groups excluding carboxylic acids is 1. The molecule has 0 spiro atoms. The number of alkyl halides is 3. The highest BCUT2D eigenvalue weighted by Crippen LogP contribution is 2.34. The van der Waals surface area contributed by atoms with Gasteiger partial charge in [0.15, 0.2) is 5.69 Å². The van der Waals surface area contributed by atoms with Crippen LogP contribution in [0.1, 0.15) is 27.3 Å². The minimum Gasteiger partial charge on any atom is -0.376 e. The van der Waals surface area contributed by atoms with Gasteiger partial charge in [-0.05, 0) is 18.2 Å². The molecule has 10 heteroatoms. The number of carbonyl (C=O) groups is 1. The number of amides is 1. The van der Waals surface area contributed by atoms with E-state index < -0.39 is 17.8 Å². The van der Waals surface area contributed by atoms with E-state index in [4.69, 9.17) is 16.3 Å². The normalized spacial score (nSPS) is 14.2. The molecule has 0 fully saturated rings. The molecule has 1 aliphatic heterocycles. The van der Waals surface area contributed by atoms with Crippen LogP contribution in [0.15, 0.2) is 22.7 Å². The lowest BCUT2D eigenvalue weighted by atomic mass is 10.1. The summed E-state index contributed by atoms with van der Waals surface area (Å²) in [7, 11) is 0. The summed E-state index contributed by atoms with van der Waals surface area (Å²) in [5, 5.41) is 6.63. The molecule has 1 N–H and O–H groups in total. The molecule has 0 saturated carbocycles. The van der Waals surface area contributed by atoms with E-state index in [0.29, 0.717) is 28.2 Å². The molecule has 0 bridgehead atoms. The highest BCUT2D eigenvalue weighted by atomic mass is 79.9. The molecule has 0 radical (unpaired) electrons. The van der Waals surface area contributed by atoms with Crippen LogP contribution in [0.4, 0.5) is 13.2 Å². The Labute approximate surface area is 160 Å². The fourth-order valence-electron chi connectivity index (χ4n) is 2.76. The van der Waals surface area contributed by atoms with Crippen molar-refractivity contribution in [2.24, 2.45) is 0 Å². The molecule has 1 aromatic heterocycles. The molecule has 0 atom stereocenters. The number of hydrogen-bond donors (Lipinski definition) is 1. The summed E-state index contributed by atoms with van der Waals surface area (Å²) in [5.41, 5.74) is -0.0649. The molecule has 2 heterocycles. The molecular weight excluding hydrogens is 439 g/mol. The van der Waals surface area contributed by atoms with Gasteiger partial charge in [-0.1, -0.05) is 27.5 Å². The highest BCUT2D eigenvalue weighted by Gasteiger charge is 2.39. The topological polar surface area (TPSA) is 56.2 Å². The summed E-state index contributed by atoms with van der Waals surface area (Å²) in [6.45, 7) is 0.476. The highest BCUT2D eigenvalue weighted by molar-refractivity contribution is 9.10. The third-order valence-electron chi connectivity index (χ3n) is 3.95. The molecule has 3 rings (SSSR count). The molecule has 1 aliphatic rings. The molecule has 0 aliphatic carbocycles. The number of ether oxygens (including phenoxy) is 1. The van der Waals surface area contributed by atoms with Crippen molar-refractivity contribution >= 4 is 33.4 Å². The Bertz CT molecular complexity index is 839. The number of nitrogens with one attached hydrogen (secondary N) is 1. The first-order valence-corrected chi connectivity index (χ1v) is 8.91. The van der Waals surface area contributed by atoms with Gasteiger partial charge in [-0.2, -0.15) is 18.3 Å². The number of fused-ring (bicyclic) bond motifs is 1. The van der Waals surface area contributed by atoms with Crippen LogP contribution < -0.4 is 5.32 Å². The first-order chi connectivity index (χ1) is 12.3. The Balaban J connectivity index is 1.71. The van der Waals surface area contributed by atoms with Crippen molar-refractivity contribution < 1.29 is 22.7 Å². The van der Waals surface area contributed by atoms with Crippen LogP contribution in [0.5, 0.6) is 0 Å². The summed E-state index contributed by atoms with van der Waals surface area (Å²) in [6, 6.07) is 4.86. The van der Waals surface area contributed by atoms with Gasteiger partial charge < -0.3 is 10.1 Å². The van der Waals surface area contributed by atoms with Crippen molar-refractivity contribution in [3.63, 3.8) is 0 Å². The van der Waals surface area contributed by atoms with Gasteiger partial charge in [0.1, 0.15) is 0 Å². The number of rotatable bonds is 4. The number of benzene rings is 1. The molecule has 5 nitrogen and oxygen atoms in total. The van der Waals surface area contributed by atoms with Crippen LogP contribution in [0.3, 0.4) is 0 Å². The maximum atomic E-state index is 13.1. The lowest BCUT2D eigenvalue weighted by Crippen LogP contribution is -2.28. The second-order valence-corrected chi connectivity index (χ2v) is 7.00. The molecule has 1 aromatic carbocycles. The van der Waals surface area contributed by atoms with E-state index in [0.717, 1.165) is 0 Å². The van der Waals surface area contributed by atoms with Crippen molar-refractivity contribution in [1.29, 1.82) is 0 Å². The maximum absolute atomic E-state index is 13.1. The molecule has 1 amide bonds. The zero-order valence-corrected chi connectivity index (χ0v) is 15.7. The van der Waals surface area contributed by atoms with Crippen molar-refractivity contribution in [3.05, 3.63) is 50.2 Å². The van der Waals surface area contributed by atoms with Gasteiger partial charge >= 0.3 is 6.18 Å². The minimum absolute atomic E-state index is 0.0742.